The van der Waals surface area contributed by atoms with Crippen molar-refractivity contribution in [3.05, 3.63) is 28.3 Å². The maximum Gasteiger partial charge on any atom is 0.168 e. The van der Waals surface area contributed by atoms with Crippen LogP contribution in [0.1, 0.15) is 87.5 Å². The first-order chi connectivity index (χ1) is 13.3. The van der Waals surface area contributed by atoms with E-state index >= 15 is 0 Å². The molecule has 1 aromatic heterocycles. The highest BCUT2D eigenvalue weighted by atomic mass is 16.5. The van der Waals surface area contributed by atoms with Gasteiger partial charge in [0.1, 0.15) is 11.5 Å². The number of aromatic nitrogens is 1. The number of nitrogens with zero attached hydrogens (tertiary/aromatic N) is 2. The first-order valence-corrected chi connectivity index (χ1v) is 10.3. The molecule has 1 N–H and O–H groups in total. The van der Waals surface area contributed by atoms with Gasteiger partial charge in [0.15, 0.2) is 11.6 Å². The lowest BCUT2D eigenvalue weighted by atomic mass is 9.76. The SMILES string of the molecule is CCCCN=C1CCCC(=O)C1=C(O)CCc1noc2c1C(=O)CC(C)(C)C2. The number of fused-ring (bicyclic) bond motifs is 1. The van der Waals surface area contributed by atoms with E-state index < -0.39 is 0 Å². The molecule has 28 heavy (non-hydrogen) atoms. The Labute approximate surface area is 166 Å². The van der Waals surface area contributed by atoms with Crippen molar-refractivity contribution in [2.24, 2.45) is 10.4 Å². The molecule has 0 unspecified atom stereocenters. The summed E-state index contributed by atoms with van der Waals surface area (Å²) in [4.78, 5) is 29.5. The Morgan fingerprint density at radius 2 is 2.00 bits per heavy atom. The zero-order valence-corrected chi connectivity index (χ0v) is 17.1. The number of ketones is 2. The fourth-order valence-corrected chi connectivity index (χ4v) is 4.04. The van der Waals surface area contributed by atoms with E-state index in [0.717, 1.165) is 31.4 Å². The predicted molar refractivity (Wildman–Crippen MR) is 107 cm³/mol. The normalized spacial score (nSPS) is 22.5. The third-order valence-corrected chi connectivity index (χ3v) is 5.48. The summed E-state index contributed by atoms with van der Waals surface area (Å²) in [6.45, 7) is 6.86. The number of aryl methyl sites for hydroxylation is 1. The van der Waals surface area contributed by atoms with Gasteiger partial charge >= 0.3 is 0 Å². The Morgan fingerprint density at radius 1 is 1.21 bits per heavy atom. The first-order valence-electron chi connectivity index (χ1n) is 10.3. The largest absolute Gasteiger partial charge is 0.511 e. The van der Waals surface area contributed by atoms with Crippen LogP contribution in [-0.4, -0.2) is 34.1 Å². The van der Waals surface area contributed by atoms with Gasteiger partial charge in [-0.25, -0.2) is 0 Å². The van der Waals surface area contributed by atoms with E-state index in [9.17, 15) is 14.7 Å². The number of Topliss-reactive ketones (excluding diaryl/α,β-unsaturated/α-hetero) is 2. The molecule has 0 amide bonds. The minimum absolute atomic E-state index is 0.0426. The van der Waals surface area contributed by atoms with Crippen LogP contribution in [0.5, 0.6) is 0 Å². The summed E-state index contributed by atoms with van der Waals surface area (Å²) in [6.07, 6.45) is 5.73. The van der Waals surface area contributed by atoms with Crippen molar-refractivity contribution in [2.75, 3.05) is 6.54 Å². The zero-order valence-electron chi connectivity index (χ0n) is 17.1. The fourth-order valence-electron chi connectivity index (χ4n) is 4.04. The smallest absolute Gasteiger partial charge is 0.168 e. The van der Waals surface area contributed by atoms with Crippen LogP contribution in [0, 0.1) is 5.41 Å². The van der Waals surface area contributed by atoms with Crippen molar-refractivity contribution in [1.82, 2.24) is 5.16 Å². The third-order valence-electron chi connectivity index (χ3n) is 5.48. The molecule has 6 heteroatoms. The minimum Gasteiger partial charge on any atom is -0.511 e. The van der Waals surface area contributed by atoms with E-state index in [1.165, 1.54) is 0 Å². The standard InChI is InChI=1S/C22H30N2O4/c1-4-5-11-23-14-7-6-8-16(25)20(14)17(26)10-9-15-21-18(27)12-22(2,3)13-19(21)28-24-15/h26H,4-13H2,1-3H3. The number of carbonyl (C=O) groups excluding carboxylic acids is 2. The maximum absolute atomic E-state index is 12.5. The summed E-state index contributed by atoms with van der Waals surface area (Å²) in [5.74, 6) is 0.698. The molecular formula is C22H30N2O4. The van der Waals surface area contributed by atoms with Crippen LogP contribution >= 0.6 is 0 Å². The highest BCUT2D eigenvalue weighted by Crippen LogP contribution is 2.36. The predicted octanol–water partition coefficient (Wildman–Crippen LogP) is 4.57. The molecule has 0 saturated heterocycles. The highest BCUT2D eigenvalue weighted by molar-refractivity contribution is 6.24. The molecule has 1 fully saturated rings. The molecule has 0 bridgehead atoms. The van der Waals surface area contributed by atoms with E-state index in [-0.39, 0.29) is 29.2 Å². The number of allylic oxidation sites excluding steroid dienone is 2. The van der Waals surface area contributed by atoms with Gasteiger partial charge in [-0.05, 0) is 24.7 Å². The molecule has 0 aliphatic heterocycles. The molecule has 2 aliphatic rings. The minimum atomic E-state index is -0.122. The molecule has 1 aromatic rings. The van der Waals surface area contributed by atoms with Gasteiger partial charge in [0.05, 0.1) is 16.8 Å². The molecule has 6 nitrogen and oxygen atoms in total. The summed E-state index contributed by atoms with van der Waals surface area (Å²) in [6, 6.07) is 0. The van der Waals surface area contributed by atoms with Crippen molar-refractivity contribution < 1.29 is 19.2 Å². The Balaban J connectivity index is 1.78. The highest BCUT2D eigenvalue weighted by Gasteiger charge is 2.36. The van der Waals surface area contributed by atoms with Crippen LogP contribution in [0.3, 0.4) is 0 Å². The average molecular weight is 386 g/mol. The van der Waals surface area contributed by atoms with Gasteiger partial charge in [0.2, 0.25) is 0 Å². The molecule has 1 heterocycles. The summed E-state index contributed by atoms with van der Waals surface area (Å²) in [5.41, 5.74) is 2.14. The van der Waals surface area contributed by atoms with Gasteiger partial charge in [-0.2, -0.15) is 0 Å². The van der Waals surface area contributed by atoms with Crippen LogP contribution in [0.2, 0.25) is 0 Å². The quantitative estimate of drug-likeness (QED) is 0.439. The molecule has 0 radical (unpaired) electrons. The number of aliphatic hydroxyl groups is 1. The summed E-state index contributed by atoms with van der Waals surface area (Å²) >= 11 is 0. The van der Waals surface area contributed by atoms with Crippen molar-refractivity contribution >= 4 is 17.3 Å². The van der Waals surface area contributed by atoms with E-state index in [4.69, 9.17) is 4.52 Å². The number of aliphatic imine (C=N–C) groups is 1. The molecule has 0 atom stereocenters. The van der Waals surface area contributed by atoms with Gasteiger partial charge in [-0.3, -0.25) is 14.6 Å². The number of hydrogen-bond donors (Lipinski definition) is 1. The Kier molecular flexibility index (Phi) is 6.16. The third kappa shape index (κ3) is 4.42. The average Bonchev–Trinajstić information content (AvgIpc) is 3.02. The summed E-state index contributed by atoms with van der Waals surface area (Å²) in [7, 11) is 0. The zero-order chi connectivity index (χ0) is 20.3. The number of aliphatic hydroxyl groups excluding tert-OH is 1. The topological polar surface area (TPSA) is 92.8 Å². The van der Waals surface area contributed by atoms with Crippen LogP contribution in [0.15, 0.2) is 20.8 Å². The van der Waals surface area contributed by atoms with Crippen LogP contribution in [0.4, 0.5) is 0 Å². The van der Waals surface area contributed by atoms with Gasteiger partial charge in [0, 0.05) is 44.4 Å². The Hall–Kier alpha value is -2.24. The van der Waals surface area contributed by atoms with Crippen LogP contribution < -0.4 is 0 Å². The molecule has 152 valence electrons. The lowest BCUT2D eigenvalue weighted by molar-refractivity contribution is -0.115. The van der Waals surface area contributed by atoms with Crippen molar-refractivity contribution in [2.45, 2.75) is 78.6 Å². The Bertz CT molecular complexity index is 830. The van der Waals surface area contributed by atoms with Crippen molar-refractivity contribution in [3.8, 4) is 0 Å². The second kappa shape index (κ2) is 8.41. The van der Waals surface area contributed by atoms with Crippen LogP contribution in [-0.2, 0) is 17.6 Å². The van der Waals surface area contributed by atoms with E-state index in [1.54, 1.807) is 0 Å². The number of carbonyl (C=O) groups is 2. The van der Waals surface area contributed by atoms with Gasteiger partial charge in [-0.15, -0.1) is 0 Å². The lowest BCUT2D eigenvalue weighted by Crippen LogP contribution is -2.26. The van der Waals surface area contributed by atoms with Crippen LogP contribution in [0.25, 0.3) is 0 Å². The molecule has 2 aliphatic carbocycles. The monoisotopic (exact) mass is 386 g/mol. The van der Waals surface area contributed by atoms with E-state index in [0.29, 0.717) is 54.8 Å². The number of hydrogen-bond acceptors (Lipinski definition) is 6. The number of rotatable bonds is 6. The molecule has 0 spiro atoms. The second-order valence-electron chi connectivity index (χ2n) is 8.65. The summed E-state index contributed by atoms with van der Waals surface area (Å²) < 4.78 is 5.42. The maximum atomic E-state index is 12.5. The van der Waals surface area contributed by atoms with Gasteiger partial charge < -0.3 is 9.63 Å². The first kappa shape index (κ1) is 20.5. The molecule has 0 aromatic carbocycles. The molecular weight excluding hydrogens is 356 g/mol. The number of unbranched alkanes of at least 4 members (excludes halogenated alkanes) is 1. The summed E-state index contributed by atoms with van der Waals surface area (Å²) in [5, 5.41) is 14.7. The van der Waals surface area contributed by atoms with Gasteiger partial charge in [0.25, 0.3) is 0 Å². The molecule has 3 rings (SSSR count). The second-order valence-corrected chi connectivity index (χ2v) is 8.65. The van der Waals surface area contributed by atoms with E-state index in [2.05, 4.69) is 17.1 Å². The fraction of sp³-hybridized carbons (Fsp3) is 0.636. The Morgan fingerprint density at radius 3 is 2.75 bits per heavy atom. The lowest BCUT2D eigenvalue weighted by Gasteiger charge is -2.26. The van der Waals surface area contributed by atoms with Crippen molar-refractivity contribution in [1.29, 1.82) is 0 Å². The van der Waals surface area contributed by atoms with E-state index in [1.807, 2.05) is 13.8 Å². The van der Waals surface area contributed by atoms with Crippen molar-refractivity contribution in [3.63, 3.8) is 0 Å². The molecule has 1 saturated carbocycles. The van der Waals surface area contributed by atoms with Gasteiger partial charge in [-0.1, -0.05) is 32.3 Å².